The molecule has 114 valence electrons. The fraction of sp³-hybridized carbons (Fsp3) is 0.400. The van der Waals surface area contributed by atoms with Crippen LogP contribution >= 0.6 is 11.6 Å². The summed E-state index contributed by atoms with van der Waals surface area (Å²) in [7, 11) is 5.04. The first-order valence-corrected chi connectivity index (χ1v) is 7.07. The quantitative estimate of drug-likeness (QED) is 0.891. The molecule has 0 aliphatic heterocycles. The molecule has 1 unspecified atom stereocenters. The van der Waals surface area contributed by atoms with Crippen molar-refractivity contribution in [1.29, 1.82) is 0 Å². The van der Waals surface area contributed by atoms with Crippen LogP contribution in [-0.2, 0) is 13.5 Å². The summed E-state index contributed by atoms with van der Waals surface area (Å²) in [5.74, 6) is 1.12. The van der Waals surface area contributed by atoms with E-state index < -0.39 is 0 Å². The van der Waals surface area contributed by atoms with E-state index in [1.807, 2.05) is 31.6 Å². The average Bonchev–Trinajstić information content (AvgIpc) is 2.89. The SMILES string of the molecule is COc1cc(C(N)CCc2cnn(C)c2)cc(Cl)c1OC. The van der Waals surface area contributed by atoms with Crippen LogP contribution < -0.4 is 15.2 Å². The van der Waals surface area contributed by atoms with Crippen molar-refractivity contribution in [3.8, 4) is 11.5 Å². The summed E-state index contributed by atoms with van der Waals surface area (Å²) in [6.07, 6.45) is 5.51. The number of halogens is 1. The smallest absolute Gasteiger partial charge is 0.179 e. The third-order valence-corrected chi connectivity index (χ3v) is 3.67. The summed E-state index contributed by atoms with van der Waals surface area (Å²) in [5, 5.41) is 4.65. The van der Waals surface area contributed by atoms with Gasteiger partial charge in [-0.3, -0.25) is 4.68 Å². The summed E-state index contributed by atoms with van der Waals surface area (Å²) in [5.41, 5.74) is 8.35. The molecule has 1 atom stereocenters. The lowest BCUT2D eigenvalue weighted by atomic mass is 10.0. The molecule has 0 aliphatic rings. The fourth-order valence-corrected chi connectivity index (χ4v) is 2.54. The van der Waals surface area contributed by atoms with Gasteiger partial charge in [0, 0.05) is 19.3 Å². The Morgan fingerprint density at radius 3 is 2.67 bits per heavy atom. The lowest BCUT2D eigenvalue weighted by Gasteiger charge is -2.16. The third kappa shape index (κ3) is 3.68. The molecular formula is C15H20ClN3O2. The Hall–Kier alpha value is -1.72. The first-order valence-electron chi connectivity index (χ1n) is 6.69. The van der Waals surface area contributed by atoms with Crippen molar-refractivity contribution >= 4 is 11.6 Å². The molecule has 5 nitrogen and oxygen atoms in total. The van der Waals surface area contributed by atoms with Gasteiger partial charge in [-0.2, -0.15) is 5.10 Å². The Kier molecular flexibility index (Phi) is 5.09. The number of nitrogens with zero attached hydrogens (tertiary/aromatic N) is 2. The van der Waals surface area contributed by atoms with Gasteiger partial charge < -0.3 is 15.2 Å². The molecular weight excluding hydrogens is 290 g/mol. The van der Waals surface area contributed by atoms with Gasteiger partial charge in [-0.25, -0.2) is 0 Å². The van der Waals surface area contributed by atoms with E-state index in [0.717, 1.165) is 18.4 Å². The molecule has 0 aliphatic carbocycles. The molecule has 1 aromatic heterocycles. The van der Waals surface area contributed by atoms with Crippen LogP contribution in [0.25, 0.3) is 0 Å². The van der Waals surface area contributed by atoms with Crippen molar-refractivity contribution in [3.05, 3.63) is 40.7 Å². The second kappa shape index (κ2) is 6.83. The van der Waals surface area contributed by atoms with Gasteiger partial charge in [-0.1, -0.05) is 11.6 Å². The van der Waals surface area contributed by atoms with Crippen molar-refractivity contribution < 1.29 is 9.47 Å². The molecule has 6 heteroatoms. The lowest BCUT2D eigenvalue weighted by Crippen LogP contribution is -2.11. The molecule has 1 aromatic carbocycles. The van der Waals surface area contributed by atoms with Crippen LogP contribution in [0.2, 0.25) is 5.02 Å². The lowest BCUT2D eigenvalue weighted by molar-refractivity contribution is 0.354. The predicted octanol–water partition coefficient (Wildman–Crippen LogP) is 2.72. The second-order valence-corrected chi connectivity index (χ2v) is 5.31. The molecule has 0 amide bonds. The number of hydrogen-bond donors (Lipinski definition) is 1. The summed E-state index contributed by atoms with van der Waals surface area (Å²) in [6, 6.07) is 3.58. The Bertz CT molecular complexity index is 613. The summed E-state index contributed by atoms with van der Waals surface area (Å²) in [6.45, 7) is 0. The summed E-state index contributed by atoms with van der Waals surface area (Å²) >= 11 is 6.20. The minimum Gasteiger partial charge on any atom is -0.493 e. The molecule has 2 N–H and O–H groups in total. The molecule has 0 bridgehead atoms. The van der Waals surface area contributed by atoms with Crippen molar-refractivity contribution in [1.82, 2.24) is 9.78 Å². The van der Waals surface area contributed by atoms with Gasteiger partial charge in [-0.15, -0.1) is 0 Å². The van der Waals surface area contributed by atoms with Gasteiger partial charge in [0.25, 0.3) is 0 Å². The van der Waals surface area contributed by atoms with E-state index in [0.29, 0.717) is 16.5 Å². The maximum atomic E-state index is 6.25. The highest BCUT2D eigenvalue weighted by atomic mass is 35.5. The molecule has 0 radical (unpaired) electrons. The minimum atomic E-state index is -0.123. The molecule has 0 saturated heterocycles. The van der Waals surface area contributed by atoms with E-state index in [2.05, 4.69) is 5.10 Å². The molecule has 2 aromatic rings. The van der Waals surface area contributed by atoms with E-state index in [9.17, 15) is 0 Å². The maximum absolute atomic E-state index is 6.25. The van der Waals surface area contributed by atoms with Gasteiger partial charge in [-0.05, 0) is 36.1 Å². The fourth-order valence-electron chi connectivity index (χ4n) is 2.24. The molecule has 0 saturated carbocycles. The van der Waals surface area contributed by atoms with Gasteiger partial charge in [0.2, 0.25) is 0 Å². The van der Waals surface area contributed by atoms with Crippen LogP contribution in [0.3, 0.4) is 0 Å². The highest BCUT2D eigenvalue weighted by Gasteiger charge is 2.15. The van der Waals surface area contributed by atoms with Crippen LogP contribution in [0.1, 0.15) is 23.6 Å². The number of hydrogen-bond acceptors (Lipinski definition) is 4. The maximum Gasteiger partial charge on any atom is 0.179 e. The molecule has 1 heterocycles. The average molecular weight is 310 g/mol. The van der Waals surface area contributed by atoms with E-state index in [1.54, 1.807) is 18.9 Å². The minimum absolute atomic E-state index is 0.123. The van der Waals surface area contributed by atoms with Crippen LogP contribution in [0, 0.1) is 0 Å². The Morgan fingerprint density at radius 1 is 1.33 bits per heavy atom. The van der Waals surface area contributed by atoms with E-state index in [-0.39, 0.29) is 6.04 Å². The van der Waals surface area contributed by atoms with E-state index in [1.165, 1.54) is 5.56 Å². The Labute approximate surface area is 129 Å². The number of benzene rings is 1. The number of methoxy groups -OCH3 is 2. The normalized spacial score (nSPS) is 12.2. The number of aromatic nitrogens is 2. The largest absolute Gasteiger partial charge is 0.493 e. The zero-order valence-corrected chi connectivity index (χ0v) is 13.2. The molecule has 2 rings (SSSR count). The zero-order chi connectivity index (χ0) is 15.4. The van der Waals surface area contributed by atoms with E-state index >= 15 is 0 Å². The zero-order valence-electron chi connectivity index (χ0n) is 12.5. The Morgan fingerprint density at radius 2 is 2.10 bits per heavy atom. The third-order valence-electron chi connectivity index (χ3n) is 3.39. The van der Waals surface area contributed by atoms with Crippen molar-refractivity contribution in [2.75, 3.05) is 14.2 Å². The van der Waals surface area contributed by atoms with Gasteiger partial charge in [0.15, 0.2) is 11.5 Å². The monoisotopic (exact) mass is 309 g/mol. The van der Waals surface area contributed by atoms with Crippen LogP contribution in [0.15, 0.2) is 24.5 Å². The van der Waals surface area contributed by atoms with Gasteiger partial charge in [0.05, 0.1) is 25.4 Å². The standard InChI is InChI=1S/C15H20ClN3O2/c1-19-9-10(8-18-19)4-5-13(17)11-6-12(16)15(21-3)14(7-11)20-2/h6-9,13H,4-5,17H2,1-3H3. The van der Waals surface area contributed by atoms with E-state index in [4.69, 9.17) is 26.8 Å². The summed E-state index contributed by atoms with van der Waals surface area (Å²) in [4.78, 5) is 0. The Balaban J connectivity index is 2.11. The van der Waals surface area contributed by atoms with Crippen molar-refractivity contribution in [2.45, 2.75) is 18.9 Å². The predicted molar refractivity (Wildman–Crippen MR) is 83.0 cm³/mol. The van der Waals surface area contributed by atoms with Gasteiger partial charge >= 0.3 is 0 Å². The van der Waals surface area contributed by atoms with Crippen molar-refractivity contribution in [2.24, 2.45) is 12.8 Å². The number of aryl methyl sites for hydroxylation is 2. The first-order chi connectivity index (χ1) is 10.0. The van der Waals surface area contributed by atoms with Crippen LogP contribution in [-0.4, -0.2) is 24.0 Å². The molecule has 0 spiro atoms. The summed E-state index contributed by atoms with van der Waals surface area (Å²) < 4.78 is 12.3. The first kappa shape index (κ1) is 15.7. The van der Waals surface area contributed by atoms with Crippen LogP contribution in [0.5, 0.6) is 11.5 Å². The number of nitrogens with two attached hydrogens (primary N) is 1. The van der Waals surface area contributed by atoms with Crippen LogP contribution in [0.4, 0.5) is 0 Å². The molecule has 0 fully saturated rings. The van der Waals surface area contributed by atoms with Gasteiger partial charge in [0.1, 0.15) is 0 Å². The molecule has 21 heavy (non-hydrogen) atoms. The highest BCUT2D eigenvalue weighted by molar-refractivity contribution is 6.32. The number of rotatable bonds is 6. The second-order valence-electron chi connectivity index (χ2n) is 4.91. The topological polar surface area (TPSA) is 62.3 Å². The number of ether oxygens (including phenoxy) is 2. The van der Waals surface area contributed by atoms with Crippen molar-refractivity contribution in [3.63, 3.8) is 0 Å². The highest BCUT2D eigenvalue weighted by Crippen LogP contribution is 2.37.